The highest BCUT2D eigenvalue weighted by Crippen LogP contribution is 2.27. The van der Waals surface area contributed by atoms with E-state index in [9.17, 15) is 18.0 Å². The number of benzene rings is 2. The van der Waals surface area contributed by atoms with Crippen LogP contribution in [0.5, 0.6) is 0 Å². The summed E-state index contributed by atoms with van der Waals surface area (Å²) in [7, 11) is -3.58. The number of carbonyl (C=O) groups excluding carboxylic acids is 2. The third-order valence-electron chi connectivity index (χ3n) is 5.50. The van der Waals surface area contributed by atoms with Crippen LogP contribution < -0.4 is 0 Å². The number of amides is 2. The first-order valence-electron chi connectivity index (χ1n) is 9.42. The molecular weight excluding hydrogens is 376 g/mol. The highest BCUT2D eigenvalue weighted by Gasteiger charge is 2.35. The van der Waals surface area contributed by atoms with Gasteiger partial charge < -0.3 is 0 Å². The molecule has 0 unspecified atom stereocenters. The van der Waals surface area contributed by atoms with E-state index >= 15 is 0 Å². The van der Waals surface area contributed by atoms with Gasteiger partial charge in [-0.25, -0.2) is 8.42 Å². The first-order chi connectivity index (χ1) is 13.4. The Morgan fingerprint density at radius 3 is 2.14 bits per heavy atom. The second kappa shape index (κ2) is 7.14. The van der Waals surface area contributed by atoms with E-state index in [1.54, 1.807) is 48.5 Å². The van der Waals surface area contributed by atoms with Gasteiger partial charge in [0.05, 0.1) is 22.6 Å². The number of nitrogens with zero attached hydrogens (tertiary/aromatic N) is 2. The highest BCUT2D eigenvalue weighted by molar-refractivity contribution is 7.89. The fourth-order valence-corrected chi connectivity index (χ4v) is 5.28. The van der Waals surface area contributed by atoms with Crippen molar-refractivity contribution in [3.05, 3.63) is 65.2 Å². The predicted octanol–water partition coefficient (Wildman–Crippen LogP) is 2.90. The van der Waals surface area contributed by atoms with Crippen LogP contribution in [0.4, 0.5) is 0 Å². The summed E-state index contributed by atoms with van der Waals surface area (Å²) in [5.41, 5.74) is 1.39. The van der Waals surface area contributed by atoms with E-state index < -0.39 is 10.0 Å². The normalized spacial score (nSPS) is 18.5. The molecule has 0 aliphatic carbocycles. The van der Waals surface area contributed by atoms with Crippen molar-refractivity contribution in [1.29, 1.82) is 0 Å². The molecule has 0 spiro atoms. The molecule has 2 amide bonds. The maximum Gasteiger partial charge on any atom is 0.261 e. The lowest BCUT2D eigenvalue weighted by molar-refractivity contribution is 0.0642. The van der Waals surface area contributed by atoms with Crippen LogP contribution in [0, 0.1) is 5.92 Å². The van der Waals surface area contributed by atoms with Gasteiger partial charge in [-0.3, -0.25) is 14.5 Å². The van der Waals surface area contributed by atoms with Gasteiger partial charge in [-0.2, -0.15) is 4.31 Å². The Kier molecular flexibility index (Phi) is 4.81. The molecule has 1 saturated heterocycles. The molecule has 0 atom stereocenters. The molecule has 0 saturated carbocycles. The van der Waals surface area contributed by atoms with Gasteiger partial charge >= 0.3 is 0 Å². The zero-order chi connectivity index (χ0) is 19.9. The van der Waals surface area contributed by atoms with Crippen molar-refractivity contribution in [3.8, 4) is 0 Å². The number of fused-ring (bicyclic) bond motifs is 1. The smallest absolute Gasteiger partial charge is 0.261 e. The Labute approximate surface area is 164 Å². The van der Waals surface area contributed by atoms with Crippen LogP contribution in [0.25, 0.3) is 0 Å². The van der Waals surface area contributed by atoms with Crippen molar-refractivity contribution in [3.63, 3.8) is 0 Å². The maximum absolute atomic E-state index is 13.0. The summed E-state index contributed by atoms with van der Waals surface area (Å²) in [5.74, 6) is -0.163. The number of piperidine rings is 1. The molecule has 1 fully saturated rings. The van der Waals surface area contributed by atoms with Gasteiger partial charge in [0.1, 0.15) is 0 Å². The Balaban J connectivity index is 1.57. The molecule has 2 aromatic rings. The summed E-state index contributed by atoms with van der Waals surface area (Å²) >= 11 is 0. The second-order valence-corrected chi connectivity index (χ2v) is 9.41. The van der Waals surface area contributed by atoms with E-state index in [4.69, 9.17) is 0 Å². The molecule has 146 valence electrons. The van der Waals surface area contributed by atoms with E-state index in [0.717, 1.165) is 12.8 Å². The summed E-state index contributed by atoms with van der Waals surface area (Å²) in [5, 5.41) is 0. The number of rotatable bonds is 4. The van der Waals surface area contributed by atoms with Crippen molar-refractivity contribution in [2.24, 2.45) is 5.92 Å². The average molecular weight is 398 g/mol. The van der Waals surface area contributed by atoms with Crippen molar-refractivity contribution in [1.82, 2.24) is 9.21 Å². The molecule has 2 aliphatic heterocycles. The largest absolute Gasteiger partial charge is 0.270 e. The van der Waals surface area contributed by atoms with Crippen LogP contribution >= 0.6 is 0 Å². The van der Waals surface area contributed by atoms with E-state index in [1.165, 1.54) is 9.21 Å². The van der Waals surface area contributed by atoms with Crippen molar-refractivity contribution in [2.45, 2.75) is 31.2 Å². The molecule has 2 heterocycles. The summed E-state index contributed by atoms with van der Waals surface area (Å²) in [6.07, 6.45) is 1.71. The molecule has 4 rings (SSSR count). The van der Waals surface area contributed by atoms with Gasteiger partial charge in [0.25, 0.3) is 11.8 Å². The number of sulfonamides is 1. The SMILES string of the molecule is CC1CCN(S(=O)(=O)c2cccc(CN3C(=O)c4ccccc4C3=O)c2)CC1. The predicted molar refractivity (Wildman–Crippen MR) is 104 cm³/mol. The third-order valence-corrected chi connectivity index (χ3v) is 7.39. The number of imide groups is 1. The lowest BCUT2D eigenvalue weighted by Gasteiger charge is -2.29. The fraction of sp³-hybridized carbons (Fsp3) is 0.333. The molecule has 0 radical (unpaired) electrons. The number of carbonyl (C=O) groups is 2. The minimum atomic E-state index is -3.58. The van der Waals surface area contributed by atoms with Gasteiger partial charge in [0.2, 0.25) is 10.0 Å². The Hall–Kier alpha value is -2.51. The summed E-state index contributed by atoms with van der Waals surface area (Å²) in [6, 6.07) is 13.2. The van der Waals surface area contributed by atoms with Crippen molar-refractivity contribution in [2.75, 3.05) is 13.1 Å². The Morgan fingerprint density at radius 2 is 1.54 bits per heavy atom. The first kappa shape index (κ1) is 18.8. The molecule has 28 heavy (non-hydrogen) atoms. The zero-order valence-electron chi connectivity index (χ0n) is 15.7. The van der Waals surface area contributed by atoms with Gasteiger partial charge in [-0.1, -0.05) is 31.2 Å². The molecule has 6 nitrogen and oxygen atoms in total. The molecule has 2 aliphatic rings. The van der Waals surface area contributed by atoms with Crippen LogP contribution in [0.3, 0.4) is 0 Å². The highest BCUT2D eigenvalue weighted by atomic mass is 32.2. The van der Waals surface area contributed by atoms with Crippen LogP contribution in [0.2, 0.25) is 0 Å². The van der Waals surface area contributed by atoms with Gasteiger partial charge in [0, 0.05) is 13.1 Å². The second-order valence-electron chi connectivity index (χ2n) is 7.48. The Bertz CT molecular complexity index is 1000. The maximum atomic E-state index is 13.0. The summed E-state index contributed by atoms with van der Waals surface area (Å²) < 4.78 is 27.5. The number of hydrogen-bond acceptors (Lipinski definition) is 4. The number of hydrogen-bond donors (Lipinski definition) is 0. The van der Waals surface area contributed by atoms with Crippen LogP contribution in [0.15, 0.2) is 53.4 Å². The minimum absolute atomic E-state index is 0.0484. The van der Waals surface area contributed by atoms with E-state index in [1.807, 2.05) is 0 Å². The first-order valence-corrected chi connectivity index (χ1v) is 10.9. The lowest BCUT2D eigenvalue weighted by Crippen LogP contribution is -2.38. The van der Waals surface area contributed by atoms with E-state index in [0.29, 0.717) is 35.7 Å². The molecular formula is C21H22N2O4S. The fourth-order valence-electron chi connectivity index (χ4n) is 3.74. The van der Waals surface area contributed by atoms with Crippen molar-refractivity contribution < 1.29 is 18.0 Å². The lowest BCUT2D eigenvalue weighted by atomic mass is 10.0. The molecule has 0 aromatic heterocycles. The van der Waals surface area contributed by atoms with Crippen LogP contribution in [-0.2, 0) is 16.6 Å². The Morgan fingerprint density at radius 1 is 0.929 bits per heavy atom. The third kappa shape index (κ3) is 3.25. The standard InChI is InChI=1S/C21H22N2O4S/c1-15-9-11-22(12-10-15)28(26,27)17-6-4-5-16(13-17)14-23-20(24)18-7-2-3-8-19(18)21(23)25/h2-8,13,15H,9-12,14H2,1H3. The molecule has 0 N–H and O–H groups in total. The van der Waals surface area contributed by atoms with Crippen LogP contribution in [0.1, 0.15) is 46.0 Å². The minimum Gasteiger partial charge on any atom is -0.270 e. The van der Waals surface area contributed by atoms with Crippen LogP contribution in [-0.4, -0.2) is 42.5 Å². The van der Waals surface area contributed by atoms with Gasteiger partial charge in [-0.05, 0) is 48.6 Å². The van der Waals surface area contributed by atoms with E-state index in [-0.39, 0.29) is 23.3 Å². The van der Waals surface area contributed by atoms with E-state index in [2.05, 4.69) is 6.92 Å². The summed E-state index contributed by atoms with van der Waals surface area (Å²) in [4.78, 5) is 26.5. The molecule has 7 heteroatoms. The van der Waals surface area contributed by atoms with Crippen molar-refractivity contribution >= 4 is 21.8 Å². The molecule has 2 aromatic carbocycles. The average Bonchev–Trinajstić information content (AvgIpc) is 2.94. The van der Waals surface area contributed by atoms with Gasteiger partial charge in [0.15, 0.2) is 0 Å². The topological polar surface area (TPSA) is 74.8 Å². The summed E-state index contributed by atoms with van der Waals surface area (Å²) in [6.45, 7) is 3.22. The zero-order valence-corrected chi connectivity index (χ0v) is 16.5. The monoisotopic (exact) mass is 398 g/mol. The van der Waals surface area contributed by atoms with Gasteiger partial charge in [-0.15, -0.1) is 0 Å². The molecule has 0 bridgehead atoms. The quantitative estimate of drug-likeness (QED) is 0.742.